The highest BCUT2D eigenvalue weighted by molar-refractivity contribution is 5.77. The quantitative estimate of drug-likeness (QED) is 0.598. The summed E-state index contributed by atoms with van der Waals surface area (Å²) >= 11 is 0. The zero-order valence-corrected chi connectivity index (χ0v) is 15.7. The van der Waals surface area contributed by atoms with Crippen molar-refractivity contribution < 1.29 is 24.5 Å². The fourth-order valence-corrected chi connectivity index (χ4v) is 3.81. The van der Waals surface area contributed by atoms with Crippen LogP contribution in [0.2, 0.25) is 0 Å². The number of phenols is 1. The number of nitrogens with one attached hydrogen (secondary N) is 2. The first-order chi connectivity index (χ1) is 12.7. The van der Waals surface area contributed by atoms with Gasteiger partial charge in [-0.2, -0.15) is 0 Å². The minimum absolute atomic E-state index is 0.0617. The third-order valence-corrected chi connectivity index (χ3v) is 4.91. The van der Waals surface area contributed by atoms with Crippen LogP contribution in [0.25, 0.3) is 0 Å². The number of hydrogen-bond acceptors (Lipinski definition) is 6. The molecule has 146 valence electrons. The first-order valence-corrected chi connectivity index (χ1v) is 8.75. The van der Waals surface area contributed by atoms with Crippen molar-refractivity contribution in [3.05, 3.63) is 45.4 Å². The highest BCUT2D eigenvalue weighted by Crippen LogP contribution is 2.46. The summed E-state index contributed by atoms with van der Waals surface area (Å²) in [7, 11) is 1.41. The van der Waals surface area contributed by atoms with Crippen LogP contribution in [0.4, 0.5) is 0 Å². The van der Waals surface area contributed by atoms with Gasteiger partial charge in [0.25, 0.3) is 5.56 Å². The topological polar surface area (TPSA) is 125 Å². The highest BCUT2D eigenvalue weighted by Gasteiger charge is 2.51. The Morgan fingerprint density at radius 1 is 1.33 bits per heavy atom. The molecule has 27 heavy (non-hydrogen) atoms. The van der Waals surface area contributed by atoms with Crippen LogP contribution in [0.1, 0.15) is 43.5 Å². The maximum Gasteiger partial charge on any atom is 0.313 e. The van der Waals surface area contributed by atoms with E-state index in [-0.39, 0.29) is 29.6 Å². The number of fused-ring (bicyclic) bond motifs is 1. The second kappa shape index (κ2) is 6.77. The standard InChI is InChI=1S/C19H24N2O6/c1-9(2)27-18(24)16-14(10-5-6-12(22)13(7-10)26-4)15-11(8-19(16,3)25)20-21-17(15)23/h5-7,9,14,16,22,25H,8H2,1-4H3,(H2,20,21,23)/t14-,16+,19-/m1/s1. The predicted octanol–water partition coefficient (Wildman–Crippen LogP) is 1.42. The highest BCUT2D eigenvalue weighted by atomic mass is 16.5. The Kier molecular flexibility index (Phi) is 4.77. The van der Waals surface area contributed by atoms with Crippen molar-refractivity contribution in [3.8, 4) is 11.5 Å². The molecule has 1 aromatic heterocycles. The van der Waals surface area contributed by atoms with Gasteiger partial charge in [0.1, 0.15) is 0 Å². The summed E-state index contributed by atoms with van der Waals surface area (Å²) in [5, 5.41) is 26.3. The maximum atomic E-state index is 12.9. The summed E-state index contributed by atoms with van der Waals surface area (Å²) in [5.74, 6) is -2.20. The summed E-state index contributed by atoms with van der Waals surface area (Å²) in [6.07, 6.45) is -0.265. The smallest absolute Gasteiger partial charge is 0.313 e. The van der Waals surface area contributed by atoms with Crippen LogP contribution < -0.4 is 10.3 Å². The molecule has 1 aromatic carbocycles. The number of aliphatic hydroxyl groups is 1. The van der Waals surface area contributed by atoms with Crippen LogP contribution in [-0.4, -0.2) is 45.2 Å². The monoisotopic (exact) mass is 376 g/mol. The zero-order valence-electron chi connectivity index (χ0n) is 15.7. The van der Waals surface area contributed by atoms with E-state index in [1.54, 1.807) is 32.9 Å². The van der Waals surface area contributed by atoms with Crippen LogP contribution >= 0.6 is 0 Å². The lowest BCUT2D eigenvalue weighted by molar-refractivity contribution is -0.163. The van der Waals surface area contributed by atoms with E-state index in [1.165, 1.54) is 13.2 Å². The molecule has 0 aliphatic heterocycles. The van der Waals surface area contributed by atoms with Crippen LogP contribution in [0, 0.1) is 5.92 Å². The normalized spacial score (nSPS) is 24.5. The largest absolute Gasteiger partial charge is 0.504 e. The third kappa shape index (κ3) is 3.32. The van der Waals surface area contributed by atoms with E-state index in [9.17, 15) is 19.8 Å². The second-order valence-electron chi connectivity index (χ2n) is 7.38. The van der Waals surface area contributed by atoms with Gasteiger partial charge in [-0.05, 0) is 38.5 Å². The molecule has 1 aliphatic rings. The fraction of sp³-hybridized carbons (Fsp3) is 0.474. The number of carbonyl (C=O) groups is 1. The summed E-state index contributed by atoms with van der Waals surface area (Å²) in [6, 6.07) is 4.60. The van der Waals surface area contributed by atoms with E-state index < -0.39 is 23.4 Å². The van der Waals surface area contributed by atoms with Gasteiger partial charge in [0.05, 0.1) is 24.7 Å². The number of rotatable bonds is 4. The number of aromatic amines is 2. The van der Waals surface area contributed by atoms with E-state index in [1.807, 2.05) is 0 Å². The summed E-state index contributed by atoms with van der Waals surface area (Å²) in [4.78, 5) is 25.4. The molecule has 0 radical (unpaired) electrons. The van der Waals surface area contributed by atoms with Crippen molar-refractivity contribution >= 4 is 5.97 Å². The Morgan fingerprint density at radius 2 is 2.04 bits per heavy atom. The molecule has 2 aromatic rings. The average Bonchev–Trinajstić information content (AvgIpc) is 2.92. The van der Waals surface area contributed by atoms with E-state index in [0.717, 1.165) is 0 Å². The van der Waals surface area contributed by atoms with Gasteiger partial charge in [-0.3, -0.25) is 14.7 Å². The number of aromatic nitrogens is 2. The van der Waals surface area contributed by atoms with Crippen LogP contribution in [0.5, 0.6) is 11.5 Å². The third-order valence-electron chi connectivity index (χ3n) is 4.91. The number of esters is 1. The molecule has 0 unspecified atom stereocenters. The molecule has 0 fully saturated rings. The van der Waals surface area contributed by atoms with Gasteiger partial charge in [0, 0.05) is 23.6 Å². The van der Waals surface area contributed by atoms with Crippen molar-refractivity contribution in [1.82, 2.24) is 10.2 Å². The number of benzene rings is 1. The van der Waals surface area contributed by atoms with Gasteiger partial charge in [-0.15, -0.1) is 0 Å². The molecule has 1 heterocycles. The molecular weight excluding hydrogens is 352 g/mol. The molecule has 8 heteroatoms. The van der Waals surface area contributed by atoms with Gasteiger partial charge in [0.2, 0.25) is 0 Å². The van der Waals surface area contributed by atoms with Gasteiger partial charge in [-0.25, -0.2) is 0 Å². The van der Waals surface area contributed by atoms with Crippen molar-refractivity contribution in [2.75, 3.05) is 7.11 Å². The van der Waals surface area contributed by atoms with Crippen LogP contribution in [0.3, 0.4) is 0 Å². The minimum Gasteiger partial charge on any atom is -0.504 e. The van der Waals surface area contributed by atoms with E-state index in [2.05, 4.69) is 10.2 Å². The second-order valence-corrected chi connectivity index (χ2v) is 7.38. The molecule has 0 spiro atoms. The van der Waals surface area contributed by atoms with E-state index in [4.69, 9.17) is 9.47 Å². The van der Waals surface area contributed by atoms with Crippen molar-refractivity contribution in [1.29, 1.82) is 0 Å². The van der Waals surface area contributed by atoms with Gasteiger partial charge in [-0.1, -0.05) is 6.07 Å². The van der Waals surface area contributed by atoms with Crippen molar-refractivity contribution in [2.45, 2.75) is 44.8 Å². The Morgan fingerprint density at radius 3 is 2.67 bits per heavy atom. The Labute approximate surface area is 156 Å². The molecule has 8 nitrogen and oxygen atoms in total. The van der Waals surface area contributed by atoms with E-state index >= 15 is 0 Å². The van der Waals surface area contributed by atoms with Crippen molar-refractivity contribution in [2.24, 2.45) is 5.92 Å². The summed E-state index contributed by atoms with van der Waals surface area (Å²) in [6.45, 7) is 5.00. The molecular formula is C19H24N2O6. The number of H-pyrrole nitrogens is 2. The molecule has 3 atom stereocenters. The van der Waals surface area contributed by atoms with Gasteiger partial charge in [0.15, 0.2) is 11.5 Å². The lowest BCUT2D eigenvalue weighted by atomic mass is 9.66. The lowest BCUT2D eigenvalue weighted by Gasteiger charge is -2.40. The number of aromatic hydroxyl groups is 1. The van der Waals surface area contributed by atoms with E-state index in [0.29, 0.717) is 16.8 Å². The number of methoxy groups -OCH3 is 1. The molecule has 0 bridgehead atoms. The molecule has 4 N–H and O–H groups in total. The minimum atomic E-state index is -1.44. The number of phenolic OH excluding ortho intramolecular Hbond substituents is 1. The maximum absolute atomic E-state index is 12.9. The number of carbonyl (C=O) groups excluding carboxylic acids is 1. The zero-order chi connectivity index (χ0) is 19.9. The fourth-order valence-electron chi connectivity index (χ4n) is 3.81. The molecule has 1 aliphatic carbocycles. The van der Waals surface area contributed by atoms with Crippen LogP contribution in [0.15, 0.2) is 23.0 Å². The van der Waals surface area contributed by atoms with Crippen molar-refractivity contribution in [3.63, 3.8) is 0 Å². The molecule has 3 rings (SSSR count). The summed E-state index contributed by atoms with van der Waals surface area (Å²) in [5.41, 5.74) is -0.336. The first-order valence-electron chi connectivity index (χ1n) is 8.75. The molecule has 0 saturated carbocycles. The van der Waals surface area contributed by atoms with Gasteiger partial charge < -0.3 is 24.8 Å². The Bertz CT molecular complexity index is 911. The Hall–Kier alpha value is -2.74. The first kappa shape index (κ1) is 19.0. The molecule has 0 amide bonds. The average molecular weight is 376 g/mol. The Balaban J connectivity index is 2.22. The van der Waals surface area contributed by atoms with Crippen LogP contribution in [-0.2, 0) is 16.0 Å². The molecule has 0 saturated heterocycles. The number of ether oxygens (including phenoxy) is 2. The predicted molar refractivity (Wildman–Crippen MR) is 97.0 cm³/mol. The SMILES string of the molecule is COc1cc([C@@H]2c3c([nH][nH]c3=O)C[C@@](C)(O)[C@@H]2C(=O)OC(C)C)ccc1O. The lowest BCUT2D eigenvalue weighted by Crippen LogP contribution is -2.50. The number of hydrogen-bond donors (Lipinski definition) is 4. The summed E-state index contributed by atoms with van der Waals surface area (Å²) < 4.78 is 10.6. The van der Waals surface area contributed by atoms with Gasteiger partial charge >= 0.3 is 5.97 Å².